The molecule has 0 bridgehead atoms. The van der Waals surface area contributed by atoms with Gasteiger partial charge in [0, 0.05) is 24.5 Å². The summed E-state index contributed by atoms with van der Waals surface area (Å²) in [4.78, 5) is 28.4. The van der Waals surface area contributed by atoms with Crippen LogP contribution in [0.2, 0.25) is 0 Å². The van der Waals surface area contributed by atoms with Crippen LogP contribution in [-0.2, 0) is 16.1 Å². The van der Waals surface area contributed by atoms with Gasteiger partial charge in [-0.05, 0) is 49.9 Å². The second kappa shape index (κ2) is 9.20. The highest BCUT2D eigenvalue weighted by Crippen LogP contribution is 2.34. The Kier molecular flexibility index (Phi) is 5.99. The van der Waals surface area contributed by atoms with Crippen LogP contribution in [0.15, 0.2) is 51.5 Å². The molecule has 1 aromatic carbocycles. The van der Waals surface area contributed by atoms with Crippen LogP contribution in [-0.4, -0.2) is 36.0 Å². The van der Waals surface area contributed by atoms with E-state index in [1.165, 1.54) is 0 Å². The third-order valence-corrected chi connectivity index (χ3v) is 6.43. The van der Waals surface area contributed by atoms with E-state index in [0.29, 0.717) is 36.7 Å². The molecule has 0 unspecified atom stereocenters. The molecular weight excluding hydrogens is 408 g/mol. The second-order valence-corrected chi connectivity index (χ2v) is 8.67. The molecule has 1 N–H and O–H groups in total. The average Bonchev–Trinajstić information content (AvgIpc) is 3.61. The van der Waals surface area contributed by atoms with Gasteiger partial charge in [-0.1, -0.05) is 25.0 Å². The van der Waals surface area contributed by atoms with Gasteiger partial charge in [0.05, 0.1) is 18.9 Å². The lowest BCUT2D eigenvalue weighted by Crippen LogP contribution is -2.37. The summed E-state index contributed by atoms with van der Waals surface area (Å²) < 4.78 is 17.3. The molecule has 3 aromatic rings. The fourth-order valence-corrected chi connectivity index (χ4v) is 4.72. The summed E-state index contributed by atoms with van der Waals surface area (Å²) in [7, 11) is 0. The Bertz CT molecular complexity index is 1080. The molecular formula is C25H28N2O5. The molecule has 1 saturated heterocycles. The topological polar surface area (TPSA) is 84.9 Å². The average molecular weight is 437 g/mol. The first-order chi connectivity index (χ1) is 15.7. The minimum Gasteiger partial charge on any atom is -0.467 e. The van der Waals surface area contributed by atoms with E-state index < -0.39 is 0 Å². The highest BCUT2D eigenvalue weighted by molar-refractivity contribution is 6.11. The van der Waals surface area contributed by atoms with Crippen molar-refractivity contribution in [3.8, 4) is 0 Å². The Hall–Kier alpha value is -3.06. The fraction of sp³-hybridized carbons (Fsp3) is 0.440. The van der Waals surface area contributed by atoms with E-state index in [0.717, 1.165) is 43.9 Å². The molecule has 168 valence electrons. The molecule has 0 spiro atoms. The molecule has 0 radical (unpaired) electrons. The number of benzene rings is 1. The molecule has 32 heavy (non-hydrogen) atoms. The number of carbonyl (C=O) groups excluding carboxylic acids is 2. The summed E-state index contributed by atoms with van der Waals surface area (Å²) >= 11 is 0. The van der Waals surface area contributed by atoms with Gasteiger partial charge in [0.1, 0.15) is 17.0 Å². The normalized spacial score (nSPS) is 18.9. The maximum absolute atomic E-state index is 13.7. The number of ether oxygens (including phenoxy) is 1. The quantitative estimate of drug-likeness (QED) is 0.565. The number of anilines is 1. The number of furan rings is 2. The number of hydrogen-bond donors (Lipinski definition) is 1. The third kappa shape index (κ3) is 4.30. The van der Waals surface area contributed by atoms with Crippen LogP contribution in [0.25, 0.3) is 11.0 Å². The van der Waals surface area contributed by atoms with Gasteiger partial charge in [0.2, 0.25) is 11.7 Å². The molecule has 1 saturated carbocycles. The summed E-state index contributed by atoms with van der Waals surface area (Å²) in [6.45, 7) is 1.45. The Morgan fingerprint density at radius 2 is 1.88 bits per heavy atom. The predicted molar refractivity (Wildman–Crippen MR) is 119 cm³/mol. The SMILES string of the molecule is O=C(Nc1c(C(=O)N(Cc2ccco2)C[C@H]2CCCO2)oc2ccccc12)C1CCCC1. The van der Waals surface area contributed by atoms with Crippen LogP contribution in [0.3, 0.4) is 0 Å². The van der Waals surface area contributed by atoms with Crippen molar-refractivity contribution < 1.29 is 23.2 Å². The van der Waals surface area contributed by atoms with Crippen LogP contribution in [0.4, 0.5) is 5.69 Å². The molecule has 7 heteroatoms. The van der Waals surface area contributed by atoms with Gasteiger partial charge in [0.15, 0.2) is 0 Å². The Morgan fingerprint density at radius 3 is 2.62 bits per heavy atom. The van der Waals surface area contributed by atoms with Crippen LogP contribution >= 0.6 is 0 Å². The van der Waals surface area contributed by atoms with Crippen LogP contribution in [0, 0.1) is 5.92 Å². The van der Waals surface area contributed by atoms with Crippen molar-refractivity contribution in [1.82, 2.24) is 4.90 Å². The van der Waals surface area contributed by atoms with Gasteiger partial charge < -0.3 is 23.8 Å². The van der Waals surface area contributed by atoms with Gasteiger partial charge in [0.25, 0.3) is 5.91 Å². The van der Waals surface area contributed by atoms with Crippen LogP contribution < -0.4 is 5.32 Å². The van der Waals surface area contributed by atoms with Gasteiger partial charge in [-0.3, -0.25) is 9.59 Å². The molecule has 3 heterocycles. The lowest BCUT2D eigenvalue weighted by atomic mass is 10.1. The first-order valence-electron chi connectivity index (χ1n) is 11.4. The summed E-state index contributed by atoms with van der Waals surface area (Å²) in [6, 6.07) is 11.1. The Morgan fingerprint density at radius 1 is 1.03 bits per heavy atom. The number of nitrogens with one attached hydrogen (secondary N) is 1. The van der Waals surface area contributed by atoms with E-state index in [1.54, 1.807) is 17.2 Å². The van der Waals surface area contributed by atoms with E-state index in [4.69, 9.17) is 13.6 Å². The lowest BCUT2D eigenvalue weighted by Gasteiger charge is -2.24. The smallest absolute Gasteiger partial charge is 0.292 e. The third-order valence-electron chi connectivity index (χ3n) is 6.43. The molecule has 2 aliphatic rings. The maximum Gasteiger partial charge on any atom is 0.292 e. The standard InChI is InChI=1S/C25H28N2O5/c28-24(17-7-1-2-8-17)26-22-20-11-3-4-12-21(20)32-23(22)25(29)27(15-18-9-5-13-30-18)16-19-10-6-14-31-19/h3-5,9,11-13,17,19H,1-2,6-8,10,14-16H2,(H,26,28)/t19-/m1/s1. The zero-order valence-corrected chi connectivity index (χ0v) is 18.0. The predicted octanol–water partition coefficient (Wildman–Crippen LogP) is 4.98. The number of hydrogen-bond acceptors (Lipinski definition) is 5. The van der Waals surface area contributed by atoms with Crippen molar-refractivity contribution in [2.75, 3.05) is 18.5 Å². The molecule has 2 amide bonds. The molecule has 5 rings (SSSR count). The Balaban J connectivity index is 1.47. The highest BCUT2D eigenvalue weighted by Gasteiger charge is 2.31. The molecule has 2 aromatic heterocycles. The first kappa shape index (κ1) is 20.8. The van der Waals surface area contributed by atoms with E-state index >= 15 is 0 Å². The van der Waals surface area contributed by atoms with Crippen LogP contribution in [0.5, 0.6) is 0 Å². The van der Waals surface area contributed by atoms with Crippen molar-refractivity contribution in [1.29, 1.82) is 0 Å². The van der Waals surface area contributed by atoms with E-state index in [9.17, 15) is 9.59 Å². The maximum atomic E-state index is 13.7. The summed E-state index contributed by atoms with van der Waals surface area (Å²) in [5, 5.41) is 3.76. The minimum absolute atomic E-state index is 0.0160. The minimum atomic E-state index is -0.283. The lowest BCUT2D eigenvalue weighted by molar-refractivity contribution is -0.119. The van der Waals surface area contributed by atoms with Crippen molar-refractivity contribution in [2.45, 2.75) is 51.2 Å². The van der Waals surface area contributed by atoms with Crippen molar-refractivity contribution in [2.24, 2.45) is 5.92 Å². The molecule has 1 aliphatic heterocycles. The van der Waals surface area contributed by atoms with Crippen LogP contribution in [0.1, 0.15) is 54.8 Å². The second-order valence-electron chi connectivity index (χ2n) is 8.67. The summed E-state index contributed by atoms with van der Waals surface area (Å²) in [6.07, 6.45) is 7.37. The fourth-order valence-electron chi connectivity index (χ4n) is 4.72. The first-order valence-corrected chi connectivity index (χ1v) is 11.4. The number of amides is 2. The van der Waals surface area contributed by atoms with Crippen molar-refractivity contribution in [3.63, 3.8) is 0 Å². The molecule has 2 fully saturated rings. The number of carbonyl (C=O) groups is 2. The van der Waals surface area contributed by atoms with E-state index in [2.05, 4.69) is 5.32 Å². The number of nitrogens with zero attached hydrogens (tertiary/aromatic N) is 1. The van der Waals surface area contributed by atoms with Gasteiger partial charge in [-0.2, -0.15) is 0 Å². The Labute approximate surface area is 186 Å². The highest BCUT2D eigenvalue weighted by atomic mass is 16.5. The molecule has 7 nitrogen and oxygen atoms in total. The molecule has 1 aliphatic carbocycles. The summed E-state index contributed by atoms with van der Waals surface area (Å²) in [5.74, 6) is 0.499. The van der Waals surface area contributed by atoms with Crippen molar-refractivity contribution >= 4 is 28.5 Å². The largest absolute Gasteiger partial charge is 0.467 e. The summed E-state index contributed by atoms with van der Waals surface area (Å²) in [5.41, 5.74) is 1.03. The van der Waals surface area contributed by atoms with Gasteiger partial charge in [-0.15, -0.1) is 0 Å². The zero-order chi connectivity index (χ0) is 21.9. The number of rotatable bonds is 7. The molecule has 1 atom stereocenters. The van der Waals surface area contributed by atoms with E-state index in [1.807, 2.05) is 30.3 Å². The number of para-hydroxylation sites is 1. The van der Waals surface area contributed by atoms with E-state index in [-0.39, 0.29) is 29.6 Å². The zero-order valence-electron chi connectivity index (χ0n) is 18.0. The van der Waals surface area contributed by atoms with Gasteiger partial charge >= 0.3 is 0 Å². The monoisotopic (exact) mass is 436 g/mol. The van der Waals surface area contributed by atoms with Crippen molar-refractivity contribution in [3.05, 3.63) is 54.2 Å². The van der Waals surface area contributed by atoms with Gasteiger partial charge in [-0.25, -0.2) is 0 Å². The number of fused-ring (bicyclic) bond motifs is 1.